The summed E-state index contributed by atoms with van der Waals surface area (Å²) in [6, 6.07) is 0. The summed E-state index contributed by atoms with van der Waals surface area (Å²) in [5.74, 6) is 1.87. The van der Waals surface area contributed by atoms with E-state index in [2.05, 4.69) is 19.7 Å². The predicted molar refractivity (Wildman–Crippen MR) is 90.8 cm³/mol. The molecule has 0 bridgehead atoms. The number of H-pyrrole nitrogens is 1. The monoisotopic (exact) mass is 327 g/mol. The fraction of sp³-hybridized carbons (Fsp3) is 0.611. The first kappa shape index (κ1) is 15.4. The molecule has 0 spiro atoms. The lowest BCUT2D eigenvalue weighted by Crippen LogP contribution is -2.39. The molecule has 1 aliphatic carbocycles. The van der Waals surface area contributed by atoms with Crippen LogP contribution in [0.2, 0.25) is 0 Å². The van der Waals surface area contributed by atoms with E-state index in [1.54, 1.807) is 0 Å². The summed E-state index contributed by atoms with van der Waals surface area (Å²) >= 11 is 0. The van der Waals surface area contributed by atoms with Gasteiger partial charge in [-0.05, 0) is 44.4 Å². The highest BCUT2D eigenvalue weighted by atomic mass is 16.2. The number of fused-ring (bicyclic) bond motifs is 1. The van der Waals surface area contributed by atoms with Crippen LogP contribution in [0.25, 0.3) is 0 Å². The SMILES string of the molecule is Cn1ccnc1CC1CCN(C(=O)c2n[nH]c3c2CCCC3)CC1. The van der Waals surface area contributed by atoms with Crippen LogP contribution in [0, 0.1) is 5.92 Å². The zero-order valence-corrected chi connectivity index (χ0v) is 14.3. The van der Waals surface area contributed by atoms with Crippen LogP contribution in [0.1, 0.15) is 53.3 Å². The zero-order chi connectivity index (χ0) is 16.5. The van der Waals surface area contributed by atoms with Gasteiger partial charge in [-0.2, -0.15) is 5.10 Å². The van der Waals surface area contributed by atoms with Gasteiger partial charge in [-0.3, -0.25) is 9.89 Å². The van der Waals surface area contributed by atoms with Gasteiger partial charge >= 0.3 is 0 Å². The number of carbonyl (C=O) groups excluding carboxylic acids is 1. The third-order valence-corrected chi connectivity index (χ3v) is 5.55. The molecule has 0 radical (unpaired) electrons. The van der Waals surface area contributed by atoms with Crippen molar-refractivity contribution in [1.29, 1.82) is 0 Å². The molecule has 0 aromatic carbocycles. The zero-order valence-electron chi connectivity index (χ0n) is 14.3. The van der Waals surface area contributed by atoms with E-state index in [-0.39, 0.29) is 5.91 Å². The Morgan fingerprint density at radius 3 is 2.83 bits per heavy atom. The fourth-order valence-electron chi connectivity index (χ4n) is 4.00. The Hall–Kier alpha value is -2.11. The molecule has 4 rings (SSSR count). The second-order valence-electron chi connectivity index (χ2n) is 7.13. The van der Waals surface area contributed by atoms with Crippen molar-refractivity contribution in [3.05, 3.63) is 35.2 Å². The van der Waals surface area contributed by atoms with Gasteiger partial charge in [0.15, 0.2) is 5.69 Å². The highest BCUT2D eigenvalue weighted by Crippen LogP contribution is 2.26. The average molecular weight is 327 g/mol. The van der Waals surface area contributed by atoms with Crippen molar-refractivity contribution in [1.82, 2.24) is 24.6 Å². The van der Waals surface area contributed by atoms with Gasteiger partial charge in [0.1, 0.15) is 5.82 Å². The maximum absolute atomic E-state index is 12.8. The third-order valence-electron chi connectivity index (χ3n) is 5.55. The van der Waals surface area contributed by atoms with Gasteiger partial charge < -0.3 is 9.47 Å². The average Bonchev–Trinajstić information content (AvgIpc) is 3.21. The molecule has 1 aliphatic heterocycles. The summed E-state index contributed by atoms with van der Waals surface area (Å²) in [5.41, 5.74) is 3.02. The molecular formula is C18H25N5O. The summed E-state index contributed by atoms with van der Waals surface area (Å²) in [7, 11) is 2.04. The maximum atomic E-state index is 12.8. The van der Waals surface area contributed by atoms with Crippen molar-refractivity contribution in [3.63, 3.8) is 0 Å². The number of hydrogen-bond acceptors (Lipinski definition) is 3. The van der Waals surface area contributed by atoms with E-state index >= 15 is 0 Å². The minimum atomic E-state index is 0.116. The summed E-state index contributed by atoms with van der Waals surface area (Å²) in [6.07, 6.45) is 11.3. The van der Waals surface area contributed by atoms with Crippen LogP contribution < -0.4 is 0 Å². The van der Waals surface area contributed by atoms with Crippen molar-refractivity contribution in [2.24, 2.45) is 13.0 Å². The van der Waals surface area contributed by atoms with E-state index < -0.39 is 0 Å². The topological polar surface area (TPSA) is 66.8 Å². The van der Waals surface area contributed by atoms with Gasteiger partial charge in [0, 0.05) is 50.2 Å². The second kappa shape index (κ2) is 6.42. The number of hydrogen-bond donors (Lipinski definition) is 1. The number of nitrogens with zero attached hydrogens (tertiary/aromatic N) is 4. The first-order valence-corrected chi connectivity index (χ1v) is 9.04. The van der Waals surface area contributed by atoms with Crippen LogP contribution in [-0.4, -0.2) is 43.6 Å². The number of aromatic amines is 1. The number of rotatable bonds is 3. The fourth-order valence-corrected chi connectivity index (χ4v) is 4.00. The van der Waals surface area contributed by atoms with Gasteiger partial charge in [0.05, 0.1) is 0 Å². The number of imidazole rings is 1. The van der Waals surface area contributed by atoms with Gasteiger partial charge in [-0.1, -0.05) is 0 Å². The molecule has 1 N–H and O–H groups in total. The van der Waals surface area contributed by atoms with Crippen molar-refractivity contribution in [3.8, 4) is 0 Å². The largest absolute Gasteiger partial charge is 0.338 e. The lowest BCUT2D eigenvalue weighted by molar-refractivity contribution is 0.0682. The quantitative estimate of drug-likeness (QED) is 0.939. The number of nitrogens with one attached hydrogen (secondary N) is 1. The minimum absolute atomic E-state index is 0.116. The molecule has 1 saturated heterocycles. The highest BCUT2D eigenvalue weighted by Gasteiger charge is 2.29. The Labute approximate surface area is 142 Å². The van der Waals surface area contributed by atoms with E-state index in [4.69, 9.17) is 0 Å². The van der Waals surface area contributed by atoms with Crippen molar-refractivity contribution in [2.45, 2.75) is 44.9 Å². The lowest BCUT2D eigenvalue weighted by Gasteiger charge is -2.31. The molecule has 0 atom stereocenters. The standard InChI is InChI=1S/C18H25N5O/c1-22-11-8-19-16(22)12-13-6-9-23(10-7-13)18(24)17-14-4-2-3-5-15(14)20-21-17/h8,11,13H,2-7,9-10,12H2,1H3,(H,20,21). The van der Waals surface area contributed by atoms with Crippen molar-refractivity contribution < 1.29 is 4.79 Å². The molecule has 1 amide bonds. The van der Waals surface area contributed by atoms with Crippen LogP contribution >= 0.6 is 0 Å². The number of likely N-dealkylation sites (tertiary alicyclic amines) is 1. The first-order chi connectivity index (χ1) is 11.7. The van der Waals surface area contributed by atoms with Gasteiger partial charge in [0.25, 0.3) is 5.91 Å². The van der Waals surface area contributed by atoms with Crippen molar-refractivity contribution in [2.75, 3.05) is 13.1 Å². The Bertz CT molecular complexity index is 724. The molecule has 24 heavy (non-hydrogen) atoms. The Morgan fingerprint density at radius 2 is 2.08 bits per heavy atom. The molecule has 2 aliphatic rings. The normalized spacial score (nSPS) is 18.6. The van der Waals surface area contributed by atoms with Gasteiger partial charge in [-0.25, -0.2) is 4.98 Å². The molecule has 6 nitrogen and oxygen atoms in total. The molecule has 128 valence electrons. The van der Waals surface area contributed by atoms with E-state index in [0.29, 0.717) is 11.6 Å². The summed E-state index contributed by atoms with van der Waals surface area (Å²) in [4.78, 5) is 19.2. The molecule has 3 heterocycles. The third kappa shape index (κ3) is 2.85. The van der Waals surface area contributed by atoms with E-state index in [1.807, 2.05) is 24.3 Å². The van der Waals surface area contributed by atoms with Crippen LogP contribution in [0.3, 0.4) is 0 Å². The Balaban J connectivity index is 1.38. The predicted octanol–water partition coefficient (Wildman–Crippen LogP) is 2.12. The molecule has 2 aromatic rings. The highest BCUT2D eigenvalue weighted by molar-refractivity contribution is 5.94. The number of aromatic nitrogens is 4. The Kier molecular flexibility index (Phi) is 4.12. The molecular weight excluding hydrogens is 302 g/mol. The molecule has 1 fully saturated rings. The van der Waals surface area contributed by atoms with Crippen molar-refractivity contribution >= 4 is 5.91 Å². The molecule has 6 heteroatoms. The number of amides is 1. The first-order valence-electron chi connectivity index (χ1n) is 9.04. The smallest absolute Gasteiger partial charge is 0.274 e. The summed E-state index contributed by atoms with van der Waals surface area (Å²) in [6.45, 7) is 1.66. The summed E-state index contributed by atoms with van der Waals surface area (Å²) in [5, 5.41) is 7.42. The summed E-state index contributed by atoms with van der Waals surface area (Å²) < 4.78 is 2.09. The molecule has 0 unspecified atom stereocenters. The van der Waals surface area contributed by atoms with Crippen LogP contribution in [0.15, 0.2) is 12.4 Å². The van der Waals surface area contributed by atoms with E-state index in [1.165, 1.54) is 24.1 Å². The molecule has 2 aromatic heterocycles. The lowest BCUT2D eigenvalue weighted by atomic mass is 9.92. The van der Waals surface area contributed by atoms with Gasteiger partial charge in [-0.15, -0.1) is 0 Å². The minimum Gasteiger partial charge on any atom is -0.338 e. The number of piperidine rings is 1. The molecule has 0 saturated carbocycles. The maximum Gasteiger partial charge on any atom is 0.274 e. The van der Waals surface area contributed by atoms with E-state index in [0.717, 1.165) is 51.0 Å². The van der Waals surface area contributed by atoms with E-state index in [9.17, 15) is 4.79 Å². The van der Waals surface area contributed by atoms with Crippen LogP contribution in [-0.2, 0) is 26.3 Å². The van der Waals surface area contributed by atoms with Crippen LogP contribution in [0.4, 0.5) is 0 Å². The Morgan fingerprint density at radius 1 is 1.29 bits per heavy atom. The van der Waals surface area contributed by atoms with Gasteiger partial charge in [0.2, 0.25) is 0 Å². The van der Waals surface area contributed by atoms with Crippen LogP contribution in [0.5, 0.6) is 0 Å². The number of aryl methyl sites for hydroxylation is 2. The number of carbonyl (C=O) groups is 1. The second-order valence-corrected chi connectivity index (χ2v) is 7.13.